The fraction of sp³-hybridized carbons (Fsp3) is 0.429. The minimum atomic E-state index is -0.0918. The molecule has 0 unspecified atom stereocenters. The molecule has 1 fully saturated rings. The molecule has 116 valence electrons. The Morgan fingerprint density at radius 1 is 1.32 bits per heavy atom. The second-order valence-electron chi connectivity index (χ2n) is 5.26. The number of nitrogen functional groups attached to an aromatic ring is 1. The highest BCUT2D eigenvalue weighted by Crippen LogP contribution is 2.14. The van der Waals surface area contributed by atoms with Crippen LogP contribution in [-0.4, -0.2) is 56.8 Å². The van der Waals surface area contributed by atoms with Gasteiger partial charge in [-0.15, -0.1) is 11.3 Å². The fourth-order valence-corrected chi connectivity index (χ4v) is 3.03. The number of nitrogens with zero attached hydrogens (tertiary/aromatic N) is 5. The minimum absolute atomic E-state index is 0.0918. The van der Waals surface area contributed by atoms with Gasteiger partial charge in [-0.25, -0.2) is 15.0 Å². The summed E-state index contributed by atoms with van der Waals surface area (Å²) >= 11 is 1.60. The molecule has 3 rings (SSSR count). The van der Waals surface area contributed by atoms with Crippen molar-refractivity contribution in [2.75, 3.05) is 31.9 Å². The van der Waals surface area contributed by atoms with E-state index in [0.29, 0.717) is 24.5 Å². The van der Waals surface area contributed by atoms with Crippen molar-refractivity contribution in [2.45, 2.75) is 13.5 Å². The first-order chi connectivity index (χ1) is 10.6. The summed E-state index contributed by atoms with van der Waals surface area (Å²) in [5.41, 5.74) is 9.14. The van der Waals surface area contributed by atoms with E-state index in [1.807, 2.05) is 10.4 Å². The molecule has 0 aromatic carbocycles. The molecule has 1 amide bonds. The molecular weight excluding hydrogens is 300 g/mol. The maximum Gasteiger partial charge on any atom is 0.259 e. The number of hydrogen-bond donors (Lipinski definition) is 1. The third-order valence-corrected chi connectivity index (χ3v) is 4.33. The molecule has 0 saturated carbocycles. The van der Waals surface area contributed by atoms with Crippen molar-refractivity contribution in [3.05, 3.63) is 34.2 Å². The lowest BCUT2D eigenvalue weighted by Gasteiger charge is -2.34. The Bertz CT molecular complexity index is 651. The molecular formula is C14H18N6OS. The van der Waals surface area contributed by atoms with Crippen molar-refractivity contribution in [3.8, 4) is 0 Å². The SMILES string of the molecule is Cc1ncc(C(=O)N2CCN(Cc3cscn3)CC2)c(N)n1. The molecule has 0 radical (unpaired) electrons. The number of aryl methyl sites for hydroxylation is 1. The number of carbonyl (C=O) groups excluding carboxylic acids is 1. The molecule has 0 aliphatic carbocycles. The van der Waals surface area contributed by atoms with Gasteiger partial charge in [-0.05, 0) is 6.92 Å². The zero-order chi connectivity index (χ0) is 15.5. The van der Waals surface area contributed by atoms with E-state index >= 15 is 0 Å². The maximum atomic E-state index is 12.5. The van der Waals surface area contributed by atoms with Gasteiger partial charge in [-0.2, -0.15) is 0 Å². The van der Waals surface area contributed by atoms with E-state index in [4.69, 9.17) is 5.73 Å². The highest BCUT2D eigenvalue weighted by Gasteiger charge is 2.24. The average molecular weight is 318 g/mol. The summed E-state index contributed by atoms with van der Waals surface area (Å²) in [6, 6.07) is 0. The Morgan fingerprint density at radius 2 is 2.09 bits per heavy atom. The molecule has 0 spiro atoms. The molecule has 1 saturated heterocycles. The summed E-state index contributed by atoms with van der Waals surface area (Å²) in [5, 5.41) is 2.06. The van der Waals surface area contributed by atoms with E-state index < -0.39 is 0 Å². The second kappa shape index (κ2) is 6.37. The first-order valence-corrected chi connectivity index (χ1v) is 8.05. The van der Waals surface area contributed by atoms with Gasteiger partial charge in [0, 0.05) is 44.3 Å². The van der Waals surface area contributed by atoms with Crippen molar-refractivity contribution in [2.24, 2.45) is 0 Å². The summed E-state index contributed by atoms with van der Waals surface area (Å²) < 4.78 is 0. The molecule has 2 aromatic rings. The summed E-state index contributed by atoms with van der Waals surface area (Å²) in [6.45, 7) is 5.60. The number of aromatic nitrogens is 3. The Morgan fingerprint density at radius 3 is 2.73 bits per heavy atom. The van der Waals surface area contributed by atoms with Crippen molar-refractivity contribution in [3.63, 3.8) is 0 Å². The number of thiazole rings is 1. The zero-order valence-corrected chi connectivity index (χ0v) is 13.2. The van der Waals surface area contributed by atoms with Crippen LogP contribution in [0.2, 0.25) is 0 Å². The normalized spacial score (nSPS) is 16.0. The summed E-state index contributed by atoms with van der Waals surface area (Å²) in [6.07, 6.45) is 1.52. The molecule has 8 heteroatoms. The summed E-state index contributed by atoms with van der Waals surface area (Å²) in [5.74, 6) is 0.732. The molecule has 0 atom stereocenters. The maximum absolute atomic E-state index is 12.5. The van der Waals surface area contributed by atoms with Crippen LogP contribution in [0.4, 0.5) is 5.82 Å². The van der Waals surface area contributed by atoms with Gasteiger partial charge in [0.1, 0.15) is 17.2 Å². The van der Waals surface area contributed by atoms with Crippen LogP contribution in [0.5, 0.6) is 0 Å². The molecule has 1 aliphatic heterocycles. The Balaban J connectivity index is 1.60. The van der Waals surface area contributed by atoms with Gasteiger partial charge in [0.15, 0.2) is 0 Å². The predicted molar refractivity (Wildman–Crippen MR) is 84.5 cm³/mol. The Labute approximate surface area is 132 Å². The third kappa shape index (κ3) is 3.23. The largest absolute Gasteiger partial charge is 0.383 e. The topological polar surface area (TPSA) is 88.2 Å². The fourth-order valence-electron chi connectivity index (χ4n) is 2.48. The number of nitrogens with two attached hydrogens (primary N) is 1. The summed E-state index contributed by atoms with van der Waals surface area (Å²) in [7, 11) is 0. The number of carbonyl (C=O) groups is 1. The molecule has 2 N–H and O–H groups in total. The predicted octanol–water partition coefficient (Wildman–Crippen LogP) is 0.782. The van der Waals surface area contributed by atoms with Crippen molar-refractivity contribution in [1.29, 1.82) is 0 Å². The first kappa shape index (κ1) is 14.9. The number of anilines is 1. The third-order valence-electron chi connectivity index (χ3n) is 3.70. The smallest absolute Gasteiger partial charge is 0.259 e. The van der Waals surface area contributed by atoms with Crippen LogP contribution in [0.15, 0.2) is 17.1 Å². The van der Waals surface area contributed by atoms with Gasteiger partial charge in [0.2, 0.25) is 0 Å². The van der Waals surface area contributed by atoms with Gasteiger partial charge < -0.3 is 10.6 Å². The number of hydrogen-bond acceptors (Lipinski definition) is 7. The quantitative estimate of drug-likeness (QED) is 0.900. The van der Waals surface area contributed by atoms with Crippen LogP contribution in [0.25, 0.3) is 0 Å². The second-order valence-corrected chi connectivity index (χ2v) is 5.98. The first-order valence-electron chi connectivity index (χ1n) is 7.11. The van der Waals surface area contributed by atoms with Crippen LogP contribution >= 0.6 is 11.3 Å². The lowest BCUT2D eigenvalue weighted by molar-refractivity contribution is 0.0627. The zero-order valence-electron chi connectivity index (χ0n) is 12.4. The lowest BCUT2D eigenvalue weighted by Crippen LogP contribution is -2.48. The van der Waals surface area contributed by atoms with Crippen molar-refractivity contribution >= 4 is 23.1 Å². The standard InChI is InChI=1S/C14H18N6OS/c1-10-16-6-12(13(15)18-10)14(21)20-4-2-19(3-5-20)7-11-8-22-9-17-11/h6,8-9H,2-5,7H2,1H3,(H2,15,16,18). The van der Waals surface area contributed by atoms with Crippen LogP contribution in [0.3, 0.4) is 0 Å². The number of amides is 1. The molecule has 3 heterocycles. The van der Waals surface area contributed by atoms with E-state index in [0.717, 1.165) is 25.3 Å². The molecule has 22 heavy (non-hydrogen) atoms. The van der Waals surface area contributed by atoms with Crippen LogP contribution < -0.4 is 5.73 Å². The molecule has 7 nitrogen and oxygen atoms in total. The highest BCUT2D eigenvalue weighted by molar-refractivity contribution is 7.07. The Kier molecular flexibility index (Phi) is 4.30. The van der Waals surface area contributed by atoms with Gasteiger partial charge in [0.05, 0.1) is 11.2 Å². The van der Waals surface area contributed by atoms with Crippen molar-refractivity contribution < 1.29 is 4.79 Å². The van der Waals surface area contributed by atoms with Gasteiger partial charge in [-0.3, -0.25) is 9.69 Å². The number of piperazine rings is 1. The van der Waals surface area contributed by atoms with E-state index in [9.17, 15) is 4.79 Å². The highest BCUT2D eigenvalue weighted by atomic mass is 32.1. The van der Waals surface area contributed by atoms with E-state index in [1.54, 1.807) is 18.3 Å². The van der Waals surface area contributed by atoms with Gasteiger partial charge >= 0.3 is 0 Å². The van der Waals surface area contributed by atoms with Crippen LogP contribution in [0.1, 0.15) is 21.9 Å². The van der Waals surface area contributed by atoms with Gasteiger partial charge in [0.25, 0.3) is 5.91 Å². The monoisotopic (exact) mass is 318 g/mol. The van der Waals surface area contributed by atoms with Gasteiger partial charge in [-0.1, -0.05) is 0 Å². The van der Waals surface area contributed by atoms with E-state index in [-0.39, 0.29) is 11.7 Å². The van der Waals surface area contributed by atoms with E-state index in [2.05, 4.69) is 25.2 Å². The molecule has 0 bridgehead atoms. The van der Waals surface area contributed by atoms with E-state index in [1.165, 1.54) is 6.20 Å². The number of rotatable bonds is 3. The molecule has 2 aromatic heterocycles. The lowest BCUT2D eigenvalue weighted by atomic mass is 10.2. The van der Waals surface area contributed by atoms with Crippen molar-refractivity contribution in [1.82, 2.24) is 24.8 Å². The summed E-state index contributed by atoms with van der Waals surface area (Å²) in [4.78, 5) is 29.0. The average Bonchev–Trinajstić information content (AvgIpc) is 3.00. The van der Waals surface area contributed by atoms with Crippen LogP contribution in [0, 0.1) is 6.92 Å². The minimum Gasteiger partial charge on any atom is -0.383 e. The molecule has 1 aliphatic rings. The Hall–Kier alpha value is -2.06. The van der Waals surface area contributed by atoms with Crippen LogP contribution in [-0.2, 0) is 6.54 Å².